The number of carbonyl (C=O) groups is 1. The number of methoxy groups -OCH3 is 1. The van der Waals surface area contributed by atoms with Crippen molar-refractivity contribution in [1.29, 1.82) is 0 Å². The van der Waals surface area contributed by atoms with E-state index >= 15 is 0 Å². The number of hydrogen-bond donors (Lipinski definition) is 3. The fraction of sp³-hybridized carbons (Fsp3) is 0.526. The first-order valence-corrected chi connectivity index (χ1v) is 10.6. The van der Waals surface area contributed by atoms with Crippen LogP contribution >= 0.6 is 0 Å². The van der Waals surface area contributed by atoms with Gasteiger partial charge in [-0.15, -0.1) is 0 Å². The molecule has 1 aromatic rings. The average molecular weight is 397 g/mol. The third kappa shape index (κ3) is 6.34. The van der Waals surface area contributed by atoms with E-state index in [4.69, 9.17) is 4.74 Å². The number of rotatable bonds is 10. The number of hydrogen-bond acceptors (Lipinski definition) is 5. The van der Waals surface area contributed by atoms with Crippen LogP contribution in [0, 0.1) is 0 Å². The Balaban J connectivity index is 2.10. The molecule has 7 nitrogen and oxygen atoms in total. The van der Waals surface area contributed by atoms with Gasteiger partial charge < -0.3 is 15.2 Å². The van der Waals surface area contributed by atoms with Gasteiger partial charge in [0.15, 0.2) is 0 Å². The molecule has 27 heavy (non-hydrogen) atoms. The summed E-state index contributed by atoms with van der Waals surface area (Å²) in [4.78, 5) is 11.5. The summed E-state index contributed by atoms with van der Waals surface area (Å²) in [5, 5.41) is 12.5. The number of nitrogens with one attached hydrogen (secondary N) is 2. The minimum absolute atomic E-state index is 0.0533. The Kier molecular flexibility index (Phi) is 7.82. The van der Waals surface area contributed by atoms with E-state index in [1.54, 1.807) is 7.11 Å². The van der Waals surface area contributed by atoms with Crippen molar-refractivity contribution in [1.82, 2.24) is 4.72 Å². The van der Waals surface area contributed by atoms with Gasteiger partial charge in [0.25, 0.3) is 0 Å². The van der Waals surface area contributed by atoms with E-state index < -0.39 is 16.0 Å². The van der Waals surface area contributed by atoms with Crippen molar-refractivity contribution in [2.24, 2.45) is 0 Å². The molecular weight excluding hydrogens is 368 g/mol. The van der Waals surface area contributed by atoms with Crippen LogP contribution in [0.3, 0.4) is 0 Å². The van der Waals surface area contributed by atoms with Gasteiger partial charge >= 0.3 is 5.97 Å². The molecule has 0 aromatic heterocycles. The van der Waals surface area contributed by atoms with Crippen LogP contribution in [0.15, 0.2) is 34.7 Å². The monoisotopic (exact) mass is 396 g/mol. The molecule has 0 unspecified atom stereocenters. The lowest BCUT2D eigenvalue weighted by atomic mass is 9.97. The third-order valence-corrected chi connectivity index (χ3v) is 5.93. The molecule has 0 heterocycles. The number of carboxylic acids is 1. The Bertz CT molecular complexity index is 789. The van der Waals surface area contributed by atoms with Crippen molar-refractivity contribution in [3.63, 3.8) is 0 Å². The van der Waals surface area contributed by atoms with Crippen molar-refractivity contribution in [2.75, 3.05) is 25.6 Å². The van der Waals surface area contributed by atoms with Crippen LogP contribution in [0.2, 0.25) is 0 Å². The van der Waals surface area contributed by atoms with Crippen molar-refractivity contribution < 1.29 is 23.1 Å². The number of benzene rings is 1. The molecule has 0 amide bonds. The van der Waals surface area contributed by atoms with Crippen LogP contribution in [0.5, 0.6) is 0 Å². The molecule has 0 saturated carbocycles. The molecule has 8 heteroatoms. The topological polar surface area (TPSA) is 105 Å². The summed E-state index contributed by atoms with van der Waals surface area (Å²) in [6, 6.07) is 3.97. The molecule has 3 N–H and O–H groups in total. The summed E-state index contributed by atoms with van der Waals surface area (Å²) in [5.74, 6) is -1.19. The summed E-state index contributed by atoms with van der Waals surface area (Å²) in [6.45, 7) is 2.55. The molecule has 0 aliphatic heterocycles. The van der Waals surface area contributed by atoms with Crippen LogP contribution < -0.4 is 10.0 Å². The lowest BCUT2D eigenvalue weighted by Crippen LogP contribution is -2.26. The smallest absolute Gasteiger partial charge is 0.337 e. The quantitative estimate of drug-likeness (QED) is 0.525. The summed E-state index contributed by atoms with van der Waals surface area (Å²) >= 11 is 0. The third-order valence-electron chi connectivity index (χ3n) is 4.47. The fourth-order valence-corrected chi connectivity index (χ4v) is 4.17. The Morgan fingerprint density at radius 2 is 2.11 bits per heavy atom. The van der Waals surface area contributed by atoms with Gasteiger partial charge in [-0.3, -0.25) is 0 Å². The van der Waals surface area contributed by atoms with Crippen LogP contribution in [0.4, 0.5) is 5.69 Å². The van der Waals surface area contributed by atoms with Crippen LogP contribution in [-0.4, -0.2) is 45.8 Å². The molecule has 1 aliphatic carbocycles. The highest BCUT2D eigenvalue weighted by Crippen LogP contribution is 2.23. The normalized spacial score (nSPS) is 15.9. The molecule has 1 aliphatic rings. The fourth-order valence-electron chi connectivity index (χ4n) is 3.11. The highest BCUT2D eigenvalue weighted by molar-refractivity contribution is 7.89. The second kappa shape index (κ2) is 9.87. The number of carboxylic acid groups (broad SMARTS) is 1. The van der Waals surface area contributed by atoms with Crippen molar-refractivity contribution in [3.8, 4) is 0 Å². The SMILES string of the molecule is COC[C@H](C)Nc1ccc(S(=O)(=O)NCCC2=CCCCC2)cc1C(=O)O. The van der Waals surface area contributed by atoms with Gasteiger partial charge in [-0.25, -0.2) is 17.9 Å². The first-order chi connectivity index (χ1) is 12.8. The molecule has 0 radical (unpaired) electrons. The summed E-state index contributed by atoms with van der Waals surface area (Å²) < 4.78 is 32.6. The van der Waals surface area contributed by atoms with Gasteiger partial charge in [-0.1, -0.05) is 11.6 Å². The maximum Gasteiger partial charge on any atom is 0.337 e. The zero-order chi connectivity index (χ0) is 19.9. The van der Waals surface area contributed by atoms with Gasteiger partial charge in [-0.05, 0) is 57.2 Å². The number of ether oxygens (including phenoxy) is 1. The summed E-state index contributed by atoms with van der Waals surface area (Å²) in [7, 11) is -2.21. The summed E-state index contributed by atoms with van der Waals surface area (Å²) in [6.07, 6.45) is 7.28. The first kappa shape index (κ1) is 21.4. The summed E-state index contributed by atoms with van der Waals surface area (Å²) in [5.41, 5.74) is 1.55. The van der Waals surface area contributed by atoms with E-state index in [0.717, 1.165) is 19.3 Å². The van der Waals surface area contributed by atoms with Crippen molar-refractivity contribution in [2.45, 2.75) is 50.0 Å². The largest absolute Gasteiger partial charge is 0.478 e. The van der Waals surface area contributed by atoms with Gasteiger partial charge in [0, 0.05) is 25.4 Å². The first-order valence-electron chi connectivity index (χ1n) is 9.14. The van der Waals surface area contributed by atoms with Gasteiger partial charge in [0.1, 0.15) is 0 Å². The maximum atomic E-state index is 12.5. The molecule has 0 spiro atoms. The number of allylic oxidation sites excluding steroid dienone is 1. The minimum Gasteiger partial charge on any atom is -0.478 e. The van der Waals surface area contributed by atoms with E-state index in [-0.39, 0.29) is 16.5 Å². The van der Waals surface area contributed by atoms with Gasteiger partial charge in [0.05, 0.1) is 17.1 Å². The molecule has 2 rings (SSSR count). The predicted molar refractivity (Wildman–Crippen MR) is 105 cm³/mol. The molecule has 0 fully saturated rings. The average Bonchev–Trinajstić information content (AvgIpc) is 2.62. The van der Waals surface area contributed by atoms with E-state index in [2.05, 4.69) is 16.1 Å². The second-order valence-corrected chi connectivity index (χ2v) is 8.54. The lowest BCUT2D eigenvalue weighted by molar-refractivity contribution is 0.0697. The van der Waals surface area contributed by atoms with E-state index in [1.165, 1.54) is 30.2 Å². The zero-order valence-corrected chi connectivity index (χ0v) is 16.6. The molecule has 0 bridgehead atoms. The highest BCUT2D eigenvalue weighted by Gasteiger charge is 2.19. The molecule has 150 valence electrons. The molecule has 0 saturated heterocycles. The Morgan fingerprint density at radius 3 is 2.74 bits per heavy atom. The maximum absolute atomic E-state index is 12.5. The van der Waals surface area contributed by atoms with Gasteiger partial charge in [-0.2, -0.15) is 0 Å². The van der Waals surface area contributed by atoms with Crippen LogP contribution in [-0.2, 0) is 14.8 Å². The molecule has 1 atom stereocenters. The standard InChI is InChI=1S/C19H28N2O5S/c1-14(13-26-2)21-18-9-8-16(12-17(18)19(22)23)27(24,25)20-11-10-15-6-4-3-5-7-15/h6,8-9,12,14,20-21H,3-5,7,10-11,13H2,1-2H3,(H,22,23)/t14-/m0/s1. The number of anilines is 1. The number of aromatic carboxylic acids is 1. The van der Waals surface area contributed by atoms with E-state index in [9.17, 15) is 18.3 Å². The number of sulfonamides is 1. The zero-order valence-electron chi connectivity index (χ0n) is 15.8. The van der Waals surface area contributed by atoms with Crippen LogP contribution in [0.25, 0.3) is 0 Å². The minimum atomic E-state index is -3.77. The van der Waals surface area contributed by atoms with Crippen molar-refractivity contribution in [3.05, 3.63) is 35.4 Å². The Morgan fingerprint density at radius 1 is 1.33 bits per heavy atom. The highest BCUT2D eigenvalue weighted by atomic mass is 32.2. The van der Waals surface area contributed by atoms with Crippen LogP contribution in [0.1, 0.15) is 49.4 Å². The predicted octanol–water partition coefficient (Wildman–Crippen LogP) is 3.00. The van der Waals surface area contributed by atoms with Gasteiger partial charge in [0.2, 0.25) is 10.0 Å². The molecular formula is C19H28N2O5S. The second-order valence-electron chi connectivity index (χ2n) is 6.77. The Labute approximate surface area is 160 Å². The lowest BCUT2D eigenvalue weighted by Gasteiger charge is -2.17. The Hall–Kier alpha value is -1.90. The van der Waals surface area contributed by atoms with E-state index in [1.807, 2.05) is 6.92 Å². The van der Waals surface area contributed by atoms with E-state index in [0.29, 0.717) is 25.3 Å². The molecule has 1 aromatic carbocycles. The van der Waals surface area contributed by atoms with Crippen molar-refractivity contribution >= 4 is 21.7 Å².